The number of carbonyl (C=O) groups excluding carboxylic acids is 1. The Hall–Kier alpha value is -2.64. The Morgan fingerprint density at radius 2 is 1.97 bits per heavy atom. The van der Waals surface area contributed by atoms with E-state index in [4.69, 9.17) is 11.6 Å². The molecule has 0 spiro atoms. The molecule has 0 saturated carbocycles. The number of pyridine rings is 1. The fraction of sp³-hybridized carbons (Fsp3) is 0.273. The lowest BCUT2D eigenvalue weighted by atomic mass is 10.1. The molecule has 1 amide bonds. The average Bonchev–Trinajstić information content (AvgIpc) is 2.77. The van der Waals surface area contributed by atoms with Crippen LogP contribution in [-0.2, 0) is 12.3 Å². The number of nitrogens with zero attached hydrogens (tertiary/aromatic N) is 4. The number of benzene rings is 1. The Bertz CT molecular complexity index is 969. The van der Waals surface area contributed by atoms with Crippen molar-refractivity contribution in [1.29, 1.82) is 0 Å². The minimum absolute atomic E-state index is 0.123. The fourth-order valence-corrected chi connectivity index (χ4v) is 3.81. The highest BCUT2D eigenvalue weighted by atomic mass is 35.5. The molecular formula is C22H24ClN5OS. The van der Waals surface area contributed by atoms with Crippen molar-refractivity contribution >= 4 is 35.1 Å². The molecule has 0 radical (unpaired) electrons. The molecule has 0 aliphatic carbocycles. The quantitative estimate of drug-likeness (QED) is 0.297. The second-order valence-electron chi connectivity index (χ2n) is 6.74. The van der Waals surface area contributed by atoms with Crippen LogP contribution in [0.3, 0.4) is 0 Å². The maximum atomic E-state index is 12.3. The molecule has 156 valence electrons. The van der Waals surface area contributed by atoms with Crippen molar-refractivity contribution in [1.82, 2.24) is 20.3 Å². The Morgan fingerprint density at radius 3 is 2.67 bits per heavy atom. The normalized spacial score (nSPS) is 10.6. The van der Waals surface area contributed by atoms with Gasteiger partial charge in [-0.1, -0.05) is 48.5 Å². The van der Waals surface area contributed by atoms with Crippen molar-refractivity contribution in [2.75, 3.05) is 18.5 Å². The van der Waals surface area contributed by atoms with Crippen LogP contribution in [0.25, 0.3) is 0 Å². The van der Waals surface area contributed by atoms with Crippen molar-refractivity contribution in [3.8, 4) is 0 Å². The minimum atomic E-state index is -0.123. The van der Waals surface area contributed by atoms with Crippen molar-refractivity contribution in [3.05, 3.63) is 76.7 Å². The second kappa shape index (κ2) is 10.9. The van der Waals surface area contributed by atoms with Gasteiger partial charge in [-0.25, -0.2) is 9.97 Å². The lowest BCUT2D eigenvalue weighted by Gasteiger charge is -2.17. The number of thioether (sulfide) groups is 1. The Labute approximate surface area is 186 Å². The highest BCUT2D eigenvalue weighted by Crippen LogP contribution is 2.24. The van der Waals surface area contributed by atoms with E-state index in [-0.39, 0.29) is 5.91 Å². The molecule has 2 aromatic heterocycles. The van der Waals surface area contributed by atoms with Gasteiger partial charge in [0, 0.05) is 37.2 Å². The molecule has 0 unspecified atom stereocenters. The van der Waals surface area contributed by atoms with Gasteiger partial charge in [-0.2, -0.15) is 0 Å². The molecule has 1 N–H and O–H groups in total. The van der Waals surface area contributed by atoms with Crippen LogP contribution >= 0.6 is 23.4 Å². The van der Waals surface area contributed by atoms with Gasteiger partial charge >= 0.3 is 0 Å². The molecule has 0 atom stereocenters. The Morgan fingerprint density at radius 1 is 1.17 bits per heavy atom. The third-order valence-electron chi connectivity index (χ3n) is 4.35. The van der Waals surface area contributed by atoms with E-state index in [9.17, 15) is 4.79 Å². The van der Waals surface area contributed by atoms with Crippen molar-refractivity contribution in [2.24, 2.45) is 0 Å². The molecule has 2 heterocycles. The summed E-state index contributed by atoms with van der Waals surface area (Å²) in [7, 11) is 1.99. The standard InChI is InChI=1S/C22H24ClN5OS/c1-3-12-28(2)20-13-19(23)26-22(27-20)30-15-16-7-9-17(10-8-16)21(29)25-14-18-6-4-5-11-24-18/h4-11,13H,3,12,14-15H2,1-2H3,(H,25,29). The summed E-state index contributed by atoms with van der Waals surface area (Å²) in [5.41, 5.74) is 2.51. The maximum absolute atomic E-state index is 12.3. The topological polar surface area (TPSA) is 71.0 Å². The van der Waals surface area contributed by atoms with Gasteiger partial charge in [0.1, 0.15) is 11.0 Å². The summed E-state index contributed by atoms with van der Waals surface area (Å²) >= 11 is 7.68. The summed E-state index contributed by atoms with van der Waals surface area (Å²) in [4.78, 5) is 27.5. The number of halogens is 1. The van der Waals surface area contributed by atoms with Crippen LogP contribution in [0.4, 0.5) is 5.82 Å². The maximum Gasteiger partial charge on any atom is 0.251 e. The molecule has 0 saturated heterocycles. The molecule has 1 aromatic carbocycles. The highest BCUT2D eigenvalue weighted by molar-refractivity contribution is 7.98. The molecule has 6 nitrogen and oxygen atoms in total. The monoisotopic (exact) mass is 441 g/mol. The lowest BCUT2D eigenvalue weighted by Crippen LogP contribution is -2.23. The van der Waals surface area contributed by atoms with Gasteiger partial charge in [0.05, 0.1) is 12.2 Å². The van der Waals surface area contributed by atoms with Gasteiger partial charge < -0.3 is 10.2 Å². The number of anilines is 1. The number of rotatable bonds is 9. The van der Waals surface area contributed by atoms with Gasteiger partial charge in [0.2, 0.25) is 0 Å². The van der Waals surface area contributed by atoms with Crippen LogP contribution in [0, 0.1) is 0 Å². The summed E-state index contributed by atoms with van der Waals surface area (Å²) < 4.78 is 0. The number of carbonyl (C=O) groups is 1. The van der Waals surface area contributed by atoms with Crippen molar-refractivity contribution in [3.63, 3.8) is 0 Å². The molecule has 8 heteroatoms. The number of amides is 1. The van der Waals surface area contributed by atoms with E-state index >= 15 is 0 Å². The third kappa shape index (κ3) is 6.43. The predicted octanol–water partition coefficient (Wildman–Crippen LogP) is 4.59. The summed E-state index contributed by atoms with van der Waals surface area (Å²) in [5.74, 6) is 1.38. The number of nitrogens with one attached hydrogen (secondary N) is 1. The number of hydrogen-bond acceptors (Lipinski definition) is 6. The molecule has 0 bridgehead atoms. The SMILES string of the molecule is CCCN(C)c1cc(Cl)nc(SCc2ccc(C(=O)NCc3ccccn3)cc2)n1. The van der Waals surface area contributed by atoms with Crippen molar-refractivity contribution < 1.29 is 4.79 Å². The van der Waals surface area contributed by atoms with Gasteiger partial charge in [-0.05, 0) is 36.2 Å². The average molecular weight is 442 g/mol. The van der Waals surface area contributed by atoms with E-state index in [1.807, 2.05) is 49.5 Å². The van der Waals surface area contributed by atoms with Gasteiger partial charge in [-0.3, -0.25) is 9.78 Å². The van der Waals surface area contributed by atoms with Gasteiger partial charge in [0.15, 0.2) is 5.16 Å². The van der Waals surface area contributed by atoms with Crippen LogP contribution in [0.2, 0.25) is 5.15 Å². The highest BCUT2D eigenvalue weighted by Gasteiger charge is 2.09. The number of aromatic nitrogens is 3. The largest absolute Gasteiger partial charge is 0.360 e. The van der Waals surface area contributed by atoms with Crippen LogP contribution in [0.1, 0.15) is 35.0 Å². The lowest BCUT2D eigenvalue weighted by molar-refractivity contribution is 0.0950. The van der Waals surface area contributed by atoms with Crippen LogP contribution in [-0.4, -0.2) is 34.5 Å². The van der Waals surface area contributed by atoms with E-state index in [0.29, 0.717) is 28.2 Å². The first kappa shape index (κ1) is 22.1. The second-order valence-corrected chi connectivity index (χ2v) is 8.07. The van der Waals surface area contributed by atoms with Gasteiger partial charge in [-0.15, -0.1) is 0 Å². The fourth-order valence-electron chi connectivity index (χ4n) is 2.77. The molecule has 0 aliphatic heterocycles. The molecule has 30 heavy (non-hydrogen) atoms. The molecular weight excluding hydrogens is 418 g/mol. The van der Waals surface area contributed by atoms with Crippen molar-refractivity contribution in [2.45, 2.75) is 30.8 Å². The Kier molecular flexibility index (Phi) is 8.04. The smallest absolute Gasteiger partial charge is 0.251 e. The first-order valence-corrected chi connectivity index (χ1v) is 11.1. The summed E-state index contributed by atoms with van der Waals surface area (Å²) in [6.07, 6.45) is 2.74. The van der Waals surface area contributed by atoms with Crippen LogP contribution in [0.15, 0.2) is 59.9 Å². The third-order valence-corrected chi connectivity index (χ3v) is 5.46. The summed E-state index contributed by atoms with van der Waals surface area (Å²) in [6, 6.07) is 14.9. The first-order valence-electron chi connectivity index (χ1n) is 9.70. The predicted molar refractivity (Wildman–Crippen MR) is 122 cm³/mol. The van der Waals surface area contributed by atoms with Gasteiger partial charge in [0.25, 0.3) is 5.91 Å². The summed E-state index contributed by atoms with van der Waals surface area (Å²) in [6.45, 7) is 3.43. The Balaban J connectivity index is 1.56. The van der Waals surface area contributed by atoms with E-state index in [1.54, 1.807) is 12.3 Å². The van der Waals surface area contributed by atoms with Crippen LogP contribution < -0.4 is 10.2 Å². The van der Waals surface area contributed by atoms with E-state index in [1.165, 1.54) is 11.8 Å². The first-order chi connectivity index (χ1) is 14.5. The van der Waals surface area contributed by atoms with E-state index in [0.717, 1.165) is 30.0 Å². The summed E-state index contributed by atoms with van der Waals surface area (Å²) in [5, 5.41) is 3.95. The molecule has 0 fully saturated rings. The zero-order chi connectivity index (χ0) is 21.3. The zero-order valence-corrected chi connectivity index (χ0v) is 18.6. The van der Waals surface area contributed by atoms with E-state index < -0.39 is 0 Å². The molecule has 3 rings (SSSR count). The number of hydrogen-bond donors (Lipinski definition) is 1. The van der Waals surface area contributed by atoms with Crippen LogP contribution in [0.5, 0.6) is 0 Å². The molecule has 3 aromatic rings. The zero-order valence-electron chi connectivity index (χ0n) is 17.0. The molecule has 0 aliphatic rings. The minimum Gasteiger partial charge on any atom is -0.360 e. The van der Waals surface area contributed by atoms with E-state index in [2.05, 4.69) is 32.1 Å².